The fourth-order valence-corrected chi connectivity index (χ4v) is 1.90. The maximum atomic E-state index is 11.6. The standard InChI is InChI=1S/C10H11ClN2O4S/c1-5(8(14)13-10(16)12-2)17-9(15)6-3-4-7(11)18-6/h3-5H,1-2H3,(H2,12,13,14,16)/t5-/m0/s1. The topological polar surface area (TPSA) is 84.5 Å². The second-order valence-electron chi connectivity index (χ2n) is 3.22. The maximum absolute atomic E-state index is 11.6. The van der Waals surface area contributed by atoms with Gasteiger partial charge in [-0.05, 0) is 19.1 Å². The van der Waals surface area contributed by atoms with E-state index in [0.717, 1.165) is 11.3 Å². The number of esters is 1. The molecule has 1 aromatic rings. The second-order valence-corrected chi connectivity index (χ2v) is 4.93. The van der Waals surface area contributed by atoms with Crippen molar-refractivity contribution in [1.29, 1.82) is 0 Å². The van der Waals surface area contributed by atoms with Crippen LogP contribution in [0.15, 0.2) is 12.1 Å². The summed E-state index contributed by atoms with van der Waals surface area (Å²) in [7, 11) is 1.37. The molecular weight excluding hydrogens is 280 g/mol. The third kappa shape index (κ3) is 4.01. The first-order valence-corrected chi connectivity index (χ1v) is 6.12. The Balaban J connectivity index is 2.54. The smallest absolute Gasteiger partial charge is 0.349 e. The van der Waals surface area contributed by atoms with Gasteiger partial charge in [0.05, 0.1) is 4.34 Å². The Hall–Kier alpha value is -1.60. The molecule has 2 N–H and O–H groups in total. The van der Waals surface area contributed by atoms with Gasteiger partial charge in [0.15, 0.2) is 6.10 Å². The van der Waals surface area contributed by atoms with Crippen molar-refractivity contribution in [3.63, 3.8) is 0 Å². The van der Waals surface area contributed by atoms with E-state index in [4.69, 9.17) is 16.3 Å². The monoisotopic (exact) mass is 290 g/mol. The zero-order valence-corrected chi connectivity index (χ0v) is 11.2. The molecule has 6 nitrogen and oxygen atoms in total. The van der Waals surface area contributed by atoms with Crippen LogP contribution in [-0.4, -0.2) is 31.1 Å². The summed E-state index contributed by atoms with van der Waals surface area (Å²) in [4.78, 5) is 34.2. The lowest BCUT2D eigenvalue weighted by molar-refractivity contribution is -0.127. The van der Waals surface area contributed by atoms with Crippen LogP contribution in [0.5, 0.6) is 0 Å². The predicted octanol–water partition coefficient (Wildman–Crippen LogP) is 1.40. The van der Waals surface area contributed by atoms with Crippen molar-refractivity contribution in [2.75, 3.05) is 7.05 Å². The van der Waals surface area contributed by atoms with Gasteiger partial charge in [0, 0.05) is 7.05 Å². The SMILES string of the molecule is CNC(=O)NC(=O)[C@H](C)OC(=O)c1ccc(Cl)s1. The van der Waals surface area contributed by atoms with E-state index in [9.17, 15) is 14.4 Å². The molecule has 0 aliphatic heterocycles. The molecule has 0 aliphatic carbocycles. The first-order chi connectivity index (χ1) is 8.43. The highest BCUT2D eigenvalue weighted by molar-refractivity contribution is 7.17. The van der Waals surface area contributed by atoms with Crippen molar-refractivity contribution in [2.24, 2.45) is 0 Å². The third-order valence-corrected chi connectivity index (χ3v) is 3.10. The third-order valence-electron chi connectivity index (χ3n) is 1.89. The van der Waals surface area contributed by atoms with Crippen molar-refractivity contribution < 1.29 is 19.1 Å². The molecule has 0 radical (unpaired) electrons. The summed E-state index contributed by atoms with van der Waals surface area (Å²) in [5.74, 6) is -1.36. The van der Waals surface area contributed by atoms with Gasteiger partial charge in [-0.3, -0.25) is 10.1 Å². The second kappa shape index (κ2) is 6.36. The van der Waals surface area contributed by atoms with Crippen LogP contribution >= 0.6 is 22.9 Å². The van der Waals surface area contributed by atoms with Crippen LogP contribution in [0.25, 0.3) is 0 Å². The summed E-state index contributed by atoms with van der Waals surface area (Å²) < 4.78 is 5.33. The van der Waals surface area contributed by atoms with Crippen LogP contribution in [0, 0.1) is 0 Å². The molecule has 0 bridgehead atoms. The molecular formula is C10H11ClN2O4S. The molecule has 8 heteroatoms. The van der Waals surface area contributed by atoms with Crippen LogP contribution in [-0.2, 0) is 9.53 Å². The molecule has 0 aliphatic rings. The van der Waals surface area contributed by atoms with Gasteiger partial charge in [0.25, 0.3) is 5.91 Å². The number of ether oxygens (including phenoxy) is 1. The van der Waals surface area contributed by atoms with Gasteiger partial charge < -0.3 is 10.1 Å². The Bertz CT molecular complexity index is 474. The minimum Gasteiger partial charge on any atom is -0.448 e. The molecule has 0 fully saturated rings. The molecule has 18 heavy (non-hydrogen) atoms. The van der Waals surface area contributed by atoms with E-state index in [0.29, 0.717) is 9.21 Å². The molecule has 3 amide bonds. The molecule has 1 atom stereocenters. The molecule has 0 spiro atoms. The quantitative estimate of drug-likeness (QED) is 0.824. The molecule has 1 heterocycles. The van der Waals surface area contributed by atoms with Crippen molar-refractivity contribution in [3.8, 4) is 0 Å². The van der Waals surface area contributed by atoms with Crippen molar-refractivity contribution in [2.45, 2.75) is 13.0 Å². The fraction of sp³-hybridized carbons (Fsp3) is 0.300. The number of halogens is 1. The van der Waals surface area contributed by atoms with Gasteiger partial charge in [-0.1, -0.05) is 11.6 Å². The largest absolute Gasteiger partial charge is 0.448 e. The molecule has 0 aromatic carbocycles. The van der Waals surface area contributed by atoms with Gasteiger partial charge in [-0.2, -0.15) is 0 Å². The highest BCUT2D eigenvalue weighted by Crippen LogP contribution is 2.22. The highest BCUT2D eigenvalue weighted by atomic mass is 35.5. The number of hydrogen-bond donors (Lipinski definition) is 2. The summed E-state index contributed by atoms with van der Waals surface area (Å²) in [5.41, 5.74) is 0. The minimum atomic E-state index is -1.07. The Morgan fingerprint density at radius 2 is 2.06 bits per heavy atom. The average molecular weight is 291 g/mol. The van der Waals surface area contributed by atoms with Gasteiger partial charge in [-0.15, -0.1) is 11.3 Å². The zero-order chi connectivity index (χ0) is 13.7. The summed E-state index contributed by atoms with van der Waals surface area (Å²) in [5, 5.41) is 4.21. The average Bonchev–Trinajstić information content (AvgIpc) is 2.75. The van der Waals surface area contributed by atoms with E-state index in [1.54, 1.807) is 6.07 Å². The van der Waals surface area contributed by atoms with Gasteiger partial charge in [-0.25, -0.2) is 9.59 Å². The summed E-state index contributed by atoms with van der Waals surface area (Å²) in [6.45, 7) is 1.37. The van der Waals surface area contributed by atoms with Gasteiger partial charge >= 0.3 is 12.0 Å². The van der Waals surface area contributed by atoms with Crippen molar-refractivity contribution in [1.82, 2.24) is 10.6 Å². The lowest BCUT2D eigenvalue weighted by atomic mass is 10.3. The van der Waals surface area contributed by atoms with E-state index in [-0.39, 0.29) is 0 Å². The molecule has 1 aromatic heterocycles. The molecule has 0 unspecified atom stereocenters. The molecule has 0 saturated carbocycles. The molecule has 1 rings (SSSR count). The Morgan fingerprint density at radius 3 is 2.56 bits per heavy atom. The van der Waals surface area contributed by atoms with Crippen LogP contribution < -0.4 is 10.6 Å². The predicted molar refractivity (Wildman–Crippen MR) is 66.8 cm³/mol. The highest BCUT2D eigenvalue weighted by Gasteiger charge is 2.21. The summed E-state index contributed by atoms with van der Waals surface area (Å²) in [6, 6.07) is 2.39. The number of imide groups is 1. The Labute approximate surface area is 112 Å². The van der Waals surface area contributed by atoms with Gasteiger partial charge in [0.1, 0.15) is 4.88 Å². The van der Waals surface area contributed by atoms with E-state index in [2.05, 4.69) is 5.32 Å². The van der Waals surface area contributed by atoms with Crippen molar-refractivity contribution >= 4 is 40.8 Å². The summed E-state index contributed by atoms with van der Waals surface area (Å²) >= 11 is 6.72. The minimum absolute atomic E-state index is 0.291. The number of rotatable bonds is 3. The summed E-state index contributed by atoms with van der Waals surface area (Å²) in [6.07, 6.45) is -1.07. The van der Waals surface area contributed by atoms with E-state index in [1.807, 2.05) is 5.32 Å². The zero-order valence-electron chi connectivity index (χ0n) is 9.65. The molecule has 0 saturated heterocycles. The van der Waals surface area contributed by atoms with Crippen molar-refractivity contribution in [3.05, 3.63) is 21.3 Å². The van der Waals surface area contributed by atoms with Crippen LogP contribution in [0.2, 0.25) is 4.34 Å². The Kier molecular flexibility index (Phi) is 5.11. The number of nitrogens with one attached hydrogen (secondary N) is 2. The maximum Gasteiger partial charge on any atom is 0.349 e. The van der Waals surface area contributed by atoms with Crippen LogP contribution in [0.1, 0.15) is 16.6 Å². The first-order valence-electron chi connectivity index (χ1n) is 4.93. The molecule has 98 valence electrons. The van der Waals surface area contributed by atoms with Crippen LogP contribution in [0.4, 0.5) is 4.79 Å². The number of thiophene rings is 1. The number of urea groups is 1. The number of amides is 3. The fourth-order valence-electron chi connectivity index (χ4n) is 0.972. The lowest BCUT2D eigenvalue weighted by Gasteiger charge is -2.11. The van der Waals surface area contributed by atoms with Gasteiger partial charge in [0.2, 0.25) is 0 Å². The van der Waals surface area contributed by atoms with Crippen LogP contribution in [0.3, 0.4) is 0 Å². The number of carbonyl (C=O) groups excluding carboxylic acids is 3. The normalized spacial score (nSPS) is 11.5. The first kappa shape index (κ1) is 14.5. The number of hydrogen-bond acceptors (Lipinski definition) is 5. The van der Waals surface area contributed by atoms with E-state index in [1.165, 1.54) is 20.0 Å². The van der Waals surface area contributed by atoms with E-state index < -0.39 is 24.0 Å². The Morgan fingerprint density at radius 1 is 1.39 bits per heavy atom. The number of carbonyl (C=O) groups is 3. The lowest BCUT2D eigenvalue weighted by Crippen LogP contribution is -2.43. The van der Waals surface area contributed by atoms with E-state index >= 15 is 0 Å².